The minimum atomic E-state index is 0.979. The van der Waals surface area contributed by atoms with Gasteiger partial charge in [-0.3, -0.25) is 0 Å². The van der Waals surface area contributed by atoms with Crippen molar-refractivity contribution in [3.05, 3.63) is 123 Å². The average Bonchev–Trinajstić information content (AvgIpc) is 3.05. The van der Waals surface area contributed by atoms with Crippen molar-refractivity contribution in [1.29, 1.82) is 0 Å². The van der Waals surface area contributed by atoms with Crippen LogP contribution in [0.3, 0.4) is 0 Å². The van der Waals surface area contributed by atoms with Crippen LogP contribution in [0.4, 0.5) is 0 Å². The van der Waals surface area contributed by atoms with E-state index in [1.54, 1.807) is 0 Å². The Morgan fingerprint density at radius 1 is 0.538 bits per heavy atom. The molecule has 4 rings (SSSR count). The molecule has 0 nitrogen and oxygen atoms in total. The highest BCUT2D eigenvalue weighted by molar-refractivity contribution is 8.07. The Hall–Kier alpha value is -2.77. The quantitative estimate of drug-likeness (QED) is 0.477. The van der Waals surface area contributed by atoms with Gasteiger partial charge in [0.1, 0.15) is 0 Å². The molecule has 1 heteroatoms. The second kappa shape index (κ2) is 8.07. The van der Waals surface area contributed by atoms with Gasteiger partial charge in [0.2, 0.25) is 0 Å². The predicted octanol–water partition coefficient (Wildman–Crippen LogP) is 7.29. The molecule has 1 aliphatic rings. The van der Waals surface area contributed by atoms with E-state index in [0.29, 0.717) is 0 Å². The van der Waals surface area contributed by atoms with E-state index in [1.165, 1.54) is 32.1 Å². The van der Waals surface area contributed by atoms with E-state index in [9.17, 15) is 0 Å². The fourth-order valence-corrected chi connectivity index (χ4v) is 4.19. The van der Waals surface area contributed by atoms with Gasteiger partial charge in [0.15, 0.2) is 0 Å². The normalized spacial score (nSPS) is 18.7. The molecule has 0 bridgehead atoms. The molecular formula is C25H20S. The van der Waals surface area contributed by atoms with E-state index in [2.05, 4.69) is 109 Å². The summed E-state index contributed by atoms with van der Waals surface area (Å²) in [6.07, 6.45) is 7.89. The van der Waals surface area contributed by atoms with Gasteiger partial charge in [0.05, 0.1) is 0 Å². The third-order valence-electron chi connectivity index (χ3n) is 4.29. The summed E-state index contributed by atoms with van der Waals surface area (Å²) in [5.74, 6) is 0. The highest BCUT2D eigenvalue weighted by Crippen LogP contribution is 2.47. The maximum Gasteiger partial charge on any atom is 0.0160 e. The number of hydrogen-bond acceptors (Lipinski definition) is 1. The number of hydrogen-bond donors (Lipinski definition) is 0. The van der Waals surface area contributed by atoms with Crippen LogP contribution in [0.5, 0.6) is 0 Å². The zero-order valence-corrected chi connectivity index (χ0v) is 15.3. The van der Waals surface area contributed by atoms with Crippen molar-refractivity contribution >= 4 is 30.0 Å². The lowest BCUT2D eigenvalue weighted by atomic mass is 10.0. The van der Waals surface area contributed by atoms with Crippen LogP contribution in [0, 0.1) is 0 Å². The summed E-state index contributed by atoms with van der Waals surface area (Å²) in [6.45, 7) is 0. The van der Waals surface area contributed by atoms with Gasteiger partial charge in [-0.15, -0.1) is 0 Å². The fraction of sp³-hybridized carbons (Fsp3) is 0.0400. The number of allylic oxidation sites excluding steroid dienone is 2. The minimum absolute atomic E-state index is 0.979. The lowest BCUT2D eigenvalue weighted by Crippen LogP contribution is -1.80. The molecule has 1 heterocycles. The molecule has 1 aliphatic heterocycles. The molecule has 0 spiro atoms. The molecule has 0 N–H and O–H groups in total. The van der Waals surface area contributed by atoms with E-state index < -0.39 is 0 Å². The van der Waals surface area contributed by atoms with Crippen LogP contribution < -0.4 is 0 Å². The Morgan fingerprint density at radius 3 is 1.54 bits per heavy atom. The highest BCUT2D eigenvalue weighted by Gasteiger charge is 2.19. The molecule has 0 saturated carbocycles. The summed E-state index contributed by atoms with van der Waals surface area (Å²) >= 11 is 1.88. The van der Waals surface area contributed by atoms with E-state index in [-0.39, 0.29) is 0 Å². The lowest BCUT2D eigenvalue weighted by molar-refractivity contribution is 1.31. The fourth-order valence-electron chi connectivity index (χ4n) is 3.03. The first-order valence-corrected chi connectivity index (χ1v) is 9.65. The Morgan fingerprint density at radius 2 is 1.00 bits per heavy atom. The van der Waals surface area contributed by atoms with E-state index in [1.807, 2.05) is 11.8 Å². The second-order valence-corrected chi connectivity index (χ2v) is 7.47. The van der Waals surface area contributed by atoms with Crippen molar-refractivity contribution in [2.75, 3.05) is 0 Å². The molecule has 1 fully saturated rings. The predicted molar refractivity (Wildman–Crippen MR) is 115 cm³/mol. The van der Waals surface area contributed by atoms with Crippen molar-refractivity contribution < 1.29 is 0 Å². The van der Waals surface area contributed by atoms with Gasteiger partial charge in [-0.1, -0.05) is 109 Å². The Kier molecular flexibility index (Phi) is 5.18. The summed E-state index contributed by atoms with van der Waals surface area (Å²) in [7, 11) is 0. The zero-order chi connectivity index (χ0) is 17.6. The Balaban J connectivity index is 1.70. The molecule has 3 aromatic carbocycles. The first-order valence-electron chi connectivity index (χ1n) is 8.83. The third-order valence-corrected chi connectivity index (χ3v) is 5.41. The molecule has 0 amide bonds. The number of thioether (sulfide) groups is 1. The van der Waals surface area contributed by atoms with Gasteiger partial charge in [-0.05, 0) is 39.3 Å². The number of benzene rings is 3. The van der Waals surface area contributed by atoms with Crippen molar-refractivity contribution in [2.24, 2.45) is 0 Å². The monoisotopic (exact) mass is 352 g/mol. The topological polar surface area (TPSA) is 0 Å². The van der Waals surface area contributed by atoms with E-state index in [4.69, 9.17) is 0 Å². The first kappa shape index (κ1) is 16.7. The molecule has 26 heavy (non-hydrogen) atoms. The van der Waals surface area contributed by atoms with Crippen molar-refractivity contribution in [3.8, 4) is 0 Å². The van der Waals surface area contributed by atoms with Crippen LogP contribution in [-0.4, -0.2) is 0 Å². The molecule has 0 unspecified atom stereocenters. The van der Waals surface area contributed by atoms with Crippen molar-refractivity contribution in [2.45, 2.75) is 6.42 Å². The molecule has 1 saturated heterocycles. The third kappa shape index (κ3) is 4.25. The highest BCUT2D eigenvalue weighted by atomic mass is 32.2. The van der Waals surface area contributed by atoms with Crippen LogP contribution in [0.25, 0.3) is 18.2 Å². The van der Waals surface area contributed by atoms with Gasteiger partial charge in [-0.25, -0.2) is 0 Å². The summed E-state index contributed by atoms with van der Waals surface area (Å²) < 4.78 is 0. The summed E-state index contributed by atoms with van der Waals surface area (Å²) in [5.41, 5.74) is 5.14. The smallest absolute Gasteiger partial charge is 0.0160 e. The van der Waals surface area contributed by atoms with Gasteiger partial charge >= 0.3 is 0 Å². The zero-order valence-electron chi connectivity index (χ0n) is 14.5. The van der Waals surface area contributed by atoms with Gasteiger partial charge in [0, 0.05) is 11.3 Å². The number of rotatable bonds is 3. The van der Waals surface area contributed by atoms with Crippen LogP contribution in [0.2, 0.25) is 0 Å². The maximum atomic E-state index is 2.31. The molecule has 0 atom stereocenters. The lowest BCUT2D eigenvalue weighted by Gasteiger charge is -2.01. The molecule has 3 aromatic rings. The molecule has 0 radical (unpaired) electrons. The Labute approximate surface area is 159 Å². The van der Waals surface area contributed by atoms with Crippen LogP contribution in [-0.2, 0) is 0 Å². The summed E-state index contributed by atoms with van der Waals surface area (Å²) in [6, 6.07) is 31.7. The SMILES string of the molecule is C(=C1CC(=Cc2ccccc2)C(=Cc2ccccc2)S1)c1ccccc1. The molecule has 0 aliphatic carbocycles. The molecular weight excluding hydrogens is 332 g/mol. The summed E-state index contributed by atoms with van der Waals surface area (Å²) in [5, 5.41) is 0. The van der Waals surface area contributed by atoms with Crippen molar-refractivity contribution in [1.82, 2.24) is 0 Å². The van der Waals surface area contributed by atoms with Gasteiger partial charge in [0.25, 0.3) is 0 Å². The molecule has 0 aromatic heterocycles. The van der Waals surface area contributed by atoms with Gasteiger partial charge in [-0.2, -0.15) is 0 Å². The van der Waals surface area contributed by atoms with E-state index >= 15 is 0 Å². The van der Waals surface area contributed by atoms with Gasteiger partial charge < -0.3 is 0 Å². The van der Waals surface area contributed by atoms with Crippen LogP contribution in [0.15, 0.2) is 106 Å². The standard InChI is InChI=1S/C25H20S/c1-4-10-20(11-5-1)16-23-19-24(17-21-12-6-2-7-13-21)26-25(23)18-22-14-8-3-9-15-22/h1-18H,19H2. The minimum Gasteiger partial charge on any atom is -0.0939 e. The molecule has 126 valence electrons. The summed E-state index contributed by atoms with van der Waals surface area (Å²) in [4.78, 5) is 2.72. The van der Waals surface area contributed by atoms with Crippen LogP contribution >= 0.6 is 11.8 Å². The van der Waals surface area contributed by atoms with Crippen LogP contribution in [0.1, 0.15) is 23.1 Å². The first-order chi connectivity index (χ1) is 12.9. The largest absolute Gasteiger partial charge is 0.0939 e. The van der Waals surface area contributed by atoms with Crippen molar-refractivity contribution in [3.63, 3.8) is 0 Å². The van der Waals surface area contributed by atoms with E-state index in [0.717, 1.165) is 6.42 Å². The Bertz CT molecular complexity index is 889. The maximum absolute atomic E-state index is 2.31. The average molecular weight is 353 g/mol. The second-order valence-electron chi connectivity index (χ2n) is 6.30.